The summed E-state index contributed by atoms with van der Waals surface area (Å²) in [6.45, 7) is 1.92. The van der Waals surface area contributed by atoms with Crippen molar-refractivity contribution >= 4 is 51.8 Å². The van der Waals surface area contributed by atoms with Gasteiger partial charge in [-0.25, -0.2) is 0 Å². The molecular weight excluding hydrogens is 531 g/mol. The summed E-state index contributed by atoms with van der Waals surface area (Å²) in [5.74, 6) is 0.810. The number of carbonyl (C=O) groups is 1. The van der Waals surface area contributed by atoms with Crippen LogP contribution in [-0.2, 0) is 17.8 Å². The van der Waals surface area contributed by atoms with Crippen molar-refractivity contribution in [2.24, 2.45) is 4.99 Å². The number of guanidine groups is 1. The molecule has 0 saturated carbocycles. The van der Waals surface area contributed by atoms with Crippen molar-refractivity contribution in [3.05, 3.63) is 70.2 Å². The normalized spacial score (nSPS) is 10.8. The molecule has 0 spiro atoms. The van der Waals surface area contributed by atoms with Crippen LogP contribution >= 0.6 is 39.9 Å². The molecule has 0 unspecified atom stereocenters. The first kappa shape index (κ1) is 24.4. The molecule has 0 aliphatic carbocycles. The topological polar surface area (TPSA) is 56.7 Å². The lowest BCUT2D eigenvalue weighted by atomic mass is 10.1. The summed E-state index contributed by atoms with van der Waals surface area (Å²) in [5.41, 5.74) is 2.38. The summed E-state index contributed by atoms with van der Waals surface area (Å²) >= 11 is 3.52. The number of benzene rings is 2. The lowest BCUT2D eigenvalue weighted by molar-refractivity contribution is -0.130. The summed E-state index contributed by atoms with van der Waals surface area (Å²) in [6, 6.07) is 18.3. The van der Waals surface area contributed by atoms with Gasteiger partial charge in [-0.1, -0.05) is 64.5 Å². The molecule has 28 heavy (non-hydrogen) atoms. The van der Waals surface area contributed by atoms with E-state index in [0.29, 0.717) is 25.5 Å². The van der Waals surface area contributed by atoms with Crippen LogP contribution in [0.15, 0.2) is 64.1 Å². The molecule has 0 heterocycles. The van der Waals surface area contributed by atoms with Crippen LogP contribution in [0.5, 0.6) is 0 Å². The number of hydrogen-bond acceptors (Lipinski definition) is 2. The van der Waals surface area contributed by atoms with Crippen LogP contribution in [0, 0.1) is 0 Å². The highest BCUT2D eigenvalue weighted by atomic mass is 127. The number of carbonyl (C=O) groups excluding carboxylic acids is 1. The van der Waals surface area contributed by atoms with Crippen LogP contribution in [0.2, 0.25) is 0 Å². The molecule has 2 rings (SSSR count). The average molecular weight is 559 g/mol. The van der Waals surface area contributed by atoms with Crippen LogP contribution < -0.4 is 10.6 Å². The van der Waals surface area contributed by atoms with E-state index in [0.717, 1.165) is 23.0 Å². The predicted molar refractivity (Wildman–Crippen MR) is 130 cm³/mol. The van der Waals surface area contributed by atoms with Gasteiger partial charge < -0.3 is 15.5 Å². The Morgan fingerprint density at radius 2 is 1.68 bits per heavy atom. The largest absolute Gasteiger partial charge is 0.356 e. The third kappa shape index (κ3) is 8.60. The molecule has 0 aromatic heterocycles. The third-order valence-electron chi connectivity index (χ3n) is 4.19. The number of nitrogens with zero attached hydrogens (tertiary/aromatic N) is 2. The summed E-state index contributed by atoms with van der Waals surface area (Å²) in [5, 5.41) is 6.47. The molecule has 2 N–H and O–H groups in total. The molecule has 0 radical (unpaired) electrons. The van der Waals surface area contributed by atoms with Gasteiger partial charge in [-0.05, 0) is 23.6 Å². The molecule has 1 amide bonds. The van der Waals surface area contributed by atoms with E-state index in [4.69, 9.17) is 0 Å². The fourth-order valence-corrected chi connectivity index (χ4v) is 3.05. The number of hydrogen-bond donors (Lipinski definition) is 2. The Hall–Kier alpha value is -1.61. The fourth-order valence-electron chi connectivity index (χ4n) is 2.64. The van der Waals surface area contributed by atoms with Crippen LogP contribution in [-0.4, -0.2) is 44.0 Å². The molecule has 0 aliphatic heterocycles. The van der Waals surface area contributed by atoms with E-state index >= 15 is 0 Å². The molecule has 0 bridgehead atoms. The SMILES string of the molecule is CN=C(NCCC(=O)N(C)Cc1ccccc1Br)NCCc1ccccc1.I. The first-order chi connectivity index (χ1) is 13.1. The summed E-state index contributed by atoms with van der Waals surface area (Å²) in [4.78, 5) is 18.3. The molecule has 5 nitrogen and oxygen atoms in total. The number of nitrogens with one attached hydrogen (secondary N) is 2. The van der Waals surface area contributed by atoms with Crippen molar-refractivity contribution in [2.45, 2.75) is 19.4 Å². The van der Waals surface area contributed by atoms with E-state index in [1.54, 1.807) is 11.9 Å². The molecule has 2 aromatic rings. The van der Waals surface area contributed by atoms with Gasteiger partial charge in [-0.2, -0.15) is 0 Å². The van der Waals surface area contributed by atoms with Crippen LogP contribution in [0.25, 0.3) is 0 Å². The highest BCUT2D eigenvalue weighted by Crippen LogP contribution is 2.17. The van der Waals surface area contributed by atoms with Crippen LogP contribution in [0.3, 0.4) is 0 Å². The first-order valence-electron chi connectivity index (χ1n) is 9.06. The van der Waals surface area contributed by atoms with E-state index in [2.05, 4.69) is 43.7 Å². The van der Waals surface area contributed by atoms with Crippen molar-refractivity contribution in [2.75, 3.05) is 27.2 Å². The van der Waals surface area contributed by atoms with Crippen LogP contribution in [0.1, 0.15) is 17.5 Å². The maximum atomic E-state index is 12.3. The van der Waals surface area contributed by atoms with Crippen LogP contribution in [0.4, 0.5) is 0 Å². The second-order valence-corrected chi connectivity index (χ2v) is 7.11. The Morgan fingerprint density at radius 1 is 1.04 bits per heavy atom. The van der Waals surface area contributed by atoms with Gasteiger partial charge in [0.15, 0.2) is 5.96 Å². The molecule has 2 aromatic carbocycles. The van der Waals surface area contributed by atoms with Crippen molar-refractivity contribution in [3.8, 4) is 0 Å². The van der Waals surface area contributed by atoms with Gasteiger partial charge in [0.05, 0.1) is 0 Å². The Kier molecular flexibility index (Phi) is 11.8. The maximum Gasteiger partial charge on any atom is 0.224 e. The van der Waals surface area contributed by atoms with E-state index in [1.807, 2.05) is 49.5 Å². The number of halogens is 2. The van der Waals surface area contributed by atoms with Crippen molar-refractivity contribution < 1.29 is 4.79 Å². The average Bonchev–Trinajstić information content (AvgIpc) is 2.69. The van der Waals surface area contributed by atoms with Gasteiger partial charge in [0.2, 0.25) is 5.91 Å². The Labute approximate surface area is 193 Å². The van der Waals surface area contributed by atoms with Gasteiger partial charge >= 0.3 is 0 Å². The van der Waals surface area contributed by atoms with Crippen molar-refractivity contribution in [3.63, 3.8) is 0 Å². The quantitative estimate of drug-likeness (QED) is 0.294. The standard InChI is InChI=1S/C21H27BrN4O.HI/c1-23-21(24-14-12-17-8-4-3-5-9-17)25-15-13-20(27)26(2)16-18-10-6-7-11-19(18)22;/h3-11H,12-16H2,1-2H3,(H2,23,24,25);1H. The molecule has 0 saturated heterocycles. The minimum absolute atomic E-state index is 0. The van der Waals surface area contributed by atoms with E-state index < -0.39 is 0 Å². The summed E-state index contributed by atoms with van der Waals surface area (Å²) < 4.78 is 1.02. The molecule has 152 valence electrons. The molecule has 7 heteroatoms. The van der Waals surface area contributed by atoms with Gasteiger partial charge in [-0.15, -0.1) is 24.0 Å². The summed E-state index contributed by atoms with van der Waals surface area (Å²) in [7, 11) is 3.56. The minimum atomic E-state index is 0. The zero-order chi connectivity index (χ0) is 19.5. The second-order valence-electron chi connectivity index (χ2n) is 6.25. The molecule has 0 fully saturated rings. The maximum absolute atomic E-state index is 12.3. The number of amides is 1. The molecule has 0 atom stereocenters. The first-order valence-corrected chi connectivity index (χ1v) is 9.85. The third-order valence-corrected chi connectivity index (χ3v) is 4.97. The highest BCUT2D eigenvalue weighted by molar-refractivity contribution is 14.0. The predicted octanol–water partition coefficient (Wildman–Crippen LogP) is 3.82. The molecule has 0 aliphatic rings. The monoisotopic (exact) mass is 558 g/mol. The molecular formula is C21H28BrIN4O. The van der Waals surface area contributed by atoms with Gasteiger partial charge in [0.1, 0.15) is 0 Å². The van der Waals surface area contributed by atoms with E-state index in [1.165, 1.54) is 5.56 Å². The number of aliphatic imine (C=N–C) groups is 1. The second kappa shape index (κ2) is 13.5. The fraction of sp³-hybridized carbons (Fsp3) is 0.333. The number of rotatable bonds is 8. The summed E-state index contributed by atoms with van der Waals surface area (Å²) in [6.07, 6.45) is 1.34. The Morgan fingerprint density at radius 3 is 2.36 bits per heavy atom. The van der Waals surface area contributed by atoms with Gasteiger partial charge in [0.25, 0.3) is 0 Å². The zero-order valence-electron chi connectivity index (χ0n) is 16.3. The van der Waals surface area contributed by atoms with Crippen molar-refractivity contribution in [1.82, 2.24) is 15.5 Å². The van der Waals surface area contributed by atoms with Gasteiger partial charge in [-0.3, -0.25) is 9.79 Å². The Bertz CT molecular complexity index is 755. The lowest BCUT2D eigenvalue weighted by Crippen LogP contribution is -2.40. The lowest BCUT2D eigenvalue weighted by Gasteiger charge is -2.19. The van der Waals surface area contributed by atoms with E-state index in [-0.39, 0.29) is 29.9 Å². The van der Waals surface area contributed by atoms with E-state index in [9.17, 15) is 4.79 Å². The minimum Gasteiger partial charge on any atom is -0.356 e. The zero-order valence-corrected chi connectivity index (χ0v) is 20.2. The van der Waals surface area contributed by atoms with Crippen molar-refractivity contribution in [1.29, 1.82) is 0 Å². The Balaban J connectivity index is 0.00000392. The smallest absolute Gasteiger partial charge is 0.224 e. The highest BCUT2D eigenvalue weighted by Gasteiger charge is 2.10. The van der Waals surface area contributed by atoms with Gasteiger partial charge in [0, 0.05) is 44.6 Å².